The lowest BCUT2D eigenvalue weighted by Gasteiger charge is -2.08. The second-order valence-electron chi connectivity index (χ2n) is 2.49. The minimum absolute atomic E-state index is 0.115. The van der Waals surface area contributed by atoms with Crippen LogP contribution in [0.4, 0.5) is 18.9 Å². The molecule has 0 aliphatic carbocycles. The fourth-order valence-corrected chi connectivity index (χ4v) is 0.950. The van der Waals surface area contributed by atoms with E-state index in [1.165, 1.54) is 6.07 Å². The largest absolute Gasteiger partial charge is 0.407 e. The van der Waals surface area contributed by atoms with Crippen molar-refractivity contribution in [2.24, 2.45) is 0 Å². The van der Waals surface area contributed by atoms with E-state index in [4.69, 9.17) is 13.0 Å². The highest BCUT2D eigenvalue weighted by atomic mass is 19.4. The van der Waals surface area contributed by atoms with Crippen LogP contribution in [-0.4, -0.2) is 0 Å². The molecule has 0 N–H and O–H groups in total. The number of hydrogen-bond acceptors (Lipinski definition) is 0. The molecule has 70 valence electrons. The van der Waals surface area contributed by atoms with Crippen molar-refractivity contribution in [3.63, 3.8) is 0 Å². The van der Waals surface area contributed by atoms with Crippen LogP contribution < -0.4 is 0 Å². The number of alkyl halides is 3. The number of terminal acetylenes is 1. The lowest BCUT2D eigenvalue weighted by atomic mass is 10.1. The van der Waals surface area contributed by atoms with E-state index in [0.29, 0.717) is 0 Å². The normalized spacial score (nSPS) is 10.4. The molecule has 1 nitrogen and oxygen atoms in total. The first kappa shape index (κ1) is 10.1. The Morgan fingerprint density at radius 3 is 2.43 bits per heavy atom. The summed E-state index contributed by atoms with van der Waals surface area (Å²) in [5, 5.41) is 0. The summed E-state index contributed by atoms with van der Waals surface area (Å²) in [6, 6.07) is 3.18. The summed E-state index contributed by atoms with van der Waals surface area (Å²) in [6.07, 6.45) is 0.424. The third-order valence-corrected chi connectivity index (χ3v) is 1.59. The second kappa shape index (κ2) is 3.43. The molecule has 1 aromatic rings. The highest BCUT2D eigenvalue weighted by molar-refractivity contribution is 5.57. The lowest BCUT2D eigenvalue weighted by molar-refractivity contribution is -0.136. The molecule has 0 saturated heterocycles. The van der Waals surface area contributed by atoms with E-state index in [9.17, 15) is 13.2 Å². The Kier molecular flexibility index (Phi) is 2.49. The van der Waals surface area contributed by atoms with Crippen molar-refractivity contribution in [2.75, 3.05) is 0 Å². The number of hydrogen-bond donors (Lipinski definition) is 0. The van der Waals surface area contributed by atoms with Gasteiger partial charge in [-0.3, -0.25) is 0 Å². The van der Waals surface area contributed by atoms with Gasteiger partial charge in [0.1, 0.15) is 0 Å². The van der Waals surface area contributed by atoms with Gasteiger partial charge in [0.15, 0.2) is 5.69 Å². The minimum Gasteiger partial charge on any atom is -0.238 e. The molecule has 1 rings (SSSR count). The lowest BCUT2D eigenvalue weighted by Crippen LogP contribution is -2.05. The number of rotatable bonds is 0. The average molecular weight is 195 g/mol. The number of nitrogens with zero attached hydrogens (tertiary/aromatic N) is 1. The van der Waals surface area contributed by atoms with Crippen LogP contribution in [0.1, 0.15) is 11.1 Å². The molecule has 0 amide bonds. The standard InChI is InChI=1S/C10H4F3N/c1-3-7-4-5-9(14-2)8(6-7)10(11,12)13/h1,4-6H. The molecule has 0 saturated carbocycles. The van der Waals surface area contributed by atoms with Crippen LogP contribution >= 0.6 is 0 Å². The van der Waals surface area contributed by atoms with E-state index in [0.717, 1.165) is 12.1 Å². The molecule has 1 aromatic carbocycles. The molecular weight excluding hydrogens is 191 g/mol. The fraction of sp³-hybridized carbons (Fsp3) is 0.100. The van der Waals surface area contributed by atoms with Crippen LogP contribution in [0.2, 0.25) is 0 Å². The van der Waals surface area contributed by atoms with Gasteiger partial charge in [0, 0.05) is 5.56 Å². The number of benzene rings is 1. The Labute approximate surface area is 79.0 Å². The molecule has 0 heterocycles. The maximum Gasteiger partial charge on any atom is 0.407 e. The molecule has 0 aliphatic heterocycles. The molecule has 14 heavy (non-hydrogen) atoms. The fourth-order valence-electron chi connectivity index (χ4n) is 0.950. The van der Waals surface area contributed by atoms with Gasteiger partial charge in [-0.25, -0.2) is 4.85 Å². The monoisotopic (exact) mass is 195 g/mol. The van der Waals surface area contributed by atoms with Gasteiger partial charge in [-0.05, 0) is 6.07 Å². The zero-order chi connectivity index (χ0) is 10.8. The van der Waals surface area contributed by atoms with E-state index in [-0.39, 0.29) is 5.56 Å². The van der Waals surface area contributed by atoms with Gasteiger partial charge in [-0.1, -0.05) is 18.1 Å². The van der Waals surface area contributed by atoms with Crippen molar-refractivity contribution in [2.45, 2.75) is 6.18 Å². The molecule has 0 fully saturated rings. The molecule has 0 bridgehead atoms. The van der Waals surface area contributed by atoms with Gasteiger partial charge in [0.05, 0.1) is 12.1 Å². The first-order valence-corrected chi connectivity index (χ1v) is 3.54. The van der Waals surface area contributed by atoms with Gasteiger partial charge >= 0.3 is 6.18 Å². The third kappa shape index (κ3) is 1.86. The zero-order valence-corrected chi connectivity index (χ0v) is 6.89. The molecule has 0 spiro atoms. The van der Waals surface area contributed by atoms with Gasteiger partial charge in [0.25, 0.3) is 0 Å². The van der Waals surface area contributed by atoms with Crippen LogP contribution in [0.5, 0.6) is 0 Å². The molecule has 0 atom stereocenters. The third-order valence-electron chi connectivity index (χ3n) is 1.59. The predicted molar refractivity (Wildman–Crippen MR) is 45.6 cm³/mol. The minimum atomic E-state index is -4.53. The topological polar surface area (TPSA) is 4.36 Å². The summed E-state index contributed by atoms with van der Waals surface area (Å²) in [7, 11) is 0. The number of halogens is 3. The Hall–Kier alpha value is -1.94. The van der Waals surface area contributed by atoms with Crippen molar-refractivity contribution in [3.8, 4) is 12.3 Å². The molecule has 0 aliphatic rings. The quantitative estimate of drug-likeness (QED) is 0.442. The maximum atomic E-state index is 12.3. The van der Waals surface area contributed by atoms with Crippen LogP contribution in [0, 0.1) is 18.9 Å². The molecule has 0 aromatic heterocycles. The van der Waals surface area contributed by atoms with Crippen molar-refractivity contribution in [1.82, 2.24) is 0 Å². The van der Waals surface area contributed by atoms with Crippen LogP contribution in [0.3, 0.4) is 0 Å². The molecule has 0 radical (unpaired) electrons. The van der Waals surface area contributed by atoms with E-state index in [2.05, 4.69) is 10.8 Å². The average Bonchev–Trinajstić information content (AvgIpc) is 2.15. The van der Waals surface area contributed by atoms with Gasteiger partial charge in [-0.2, -0.15) is 13.2 Å². The smallest absolute Gasteiger partial charge is 0.238 e. The summed E-state index contributed by atoms with van der Waals surface area (Å²) in [5.41, 5.74) is -1.30. The molecule has 0 unspecified atom stereocenters. The van der Waals surface area contributed by atoms with Crippen LogP contribution in [0.25, 0.3) is 4.85 Å². The molecular formula is C10H4F3N. The SMILES string of the molecule is [C-]#[N+]c1ccc(C#C)cc1C(F)(F)F. The summed E-state index contributed by atoms with van der Waals surface area (Å²) in [6.45, 7) is 6.57. The van der Waals surface area contributed by atoms with Crippen LogP contribution in [-0.2, 0) is 6.18 Å². The van der Waals surface area contributed by atoms with Crippen molar-refractivity contribution >= 4 is 5.69 Å². The Morgan fingerprint density at radius 1 is 1.36 bits per heavy atom. The van der Waals surface area contributed by atoms with E-state index >= 15 is 0 Å². The summed E-state index contributed by atoms with van der Waals surface area (Å²) in [5.74, 6) is 2.09. The summed E-state index contributed by atoms with van der Waals surface area (Å²) in [4.78, 5) is 2.77. The maximum absolute atomic E-state index is 12.3. The zero-order valence-electron chi connectivity index (χ0n) is 6.89. The summed E-state index contributed by atoms with van der Waals surface area (Å²) >= 11 is 0. The first-order chi connectivity index (χ1) is 6.49. The van der Waals surface area contributed by atoms with Crippen molar-refractivity contribution in [1.29, 1.82) is 0 Å². The Morgan fingerprint density at radius 2 is 2.00 bits per heavy atom. The van der Waals surface area contributed by atoms with Crippen molar-refractivity contribution in [3.05, 3.63) is 40.7 Å². The van der Waals surface area contributed by atoms with Gasteiger partial charge in [-0.15, -0.1) is 6.42 Å². The highest BCUT2D eigenvalue weighted by Crippen LogP contribution is 2.36. The van der Waals surface area contributed by atoms with E-state index in [1.807, 2.05) is 0 Å². The predicted octanol–water partition coefficient (Wildman–Crippen LogP) is 3.24. The second-order valence-corrected chi connectivity index (χ2v) is 2.49. The molecule has 4 heteroatoms. The van der Waals surface area contributed by atoms with E-state index in [1.54, 1.807) is 0 Å². The van der Waals surface area contributed by atoms with Gasteiger partial charge in [0.2, 0.25) is 0 Å². The summed E-state index contributed by atoms with van der Waals surface area (Å²) < 4.78 is 37.0. The van der Waals surface area contributed by atoms with Gasteiger partial charge < -0.3 is 0 Å². The Balaban J connectivity index is 3.41. The Bertz CT molecular complexity index is 432. The highest BCUT2D eigenvalue weighted by Gasteiger charge is 2.33. The first-order valence-electron chi connectivity index (χ1n) is 3.54. The van der Waals surface area contributed by atoms with Crippen molar-refractivity contribution < 1.29 is 13.2 Å². The van der Waals surface area contributed by atoms with E-state index < -0.39 is 17.4 Å². The van der Waals surface area contributed by atoms with Crippen LogP contribution in [0.15, 0.2) is 18.2 Å².